The van der Waals surface area contributed by atoms with Crippen molar-refractivity contribution in [3.8, 4) is 34.6 Å². The van der Waals surface area contributed by atoms with E-state index in [-0.39, 0.29) is 5.95 Å². The zero-order valence-electron chi connectivity index (χ0n) is 19.1. The molecule has 2 heterocycles. The fourth-order valence-corrected chi connectivity index (χ4v) is 3.49. The number of para-hydroxylation sites is 2. The third-order valence-corrected chi connectivity index (χ3v) is 5.23. The first-order valence-corrected chi connectivity index (χ1v) is 11.7. The van der Waals surface area contributed by atoms with Crippen LogP contribution in [0.25, 0.3) is 11.3 Å². The Hall–Kier alpha value is -4.69. The van der Waals surface area contributed by atoms with Gasteiger partial charge in [-0.3, -0.25) is 0 Å². The molecule has 36 heavy (non-hydrogen) atoms. The highest BCUT2D eigenvalue weighted by Gasteiger charge is 2.11. The lowest BCUT2D eigenvalue weighted by Gasteiger charge is -2.12. The van der Waals surface area contributed by atoms with Gasteiger partial charge in [-0.25, -0.2) is 0 Å². The number of hydrogen-bond acceptors (Lipinski definition) is 6. The molecule has 0 fully saturated rings. The third-order valence-electron chi connectivity index (χ3n) is 4.98. The highest BCUT2D eigenvalue weighted by molar-refractivity contribution is 7.80. The topological polar surface area (TPSA) is 81.4 Å². The zero-order valence-corrected chi connectivity index (χ0v) is 19.9. The van der Waals surface area contributed by atoms with E-state index in [1.807, 2.05) is 103 Å². The Bertz CT molecular complexity index is 1370. The molecular weight excluding hydrogens is 472 g/mol. The molecule has 0 amide bonds. The summed E-state index contributed by atoms with van der Waals surface area (Å²) in [6, 6.07) is 34.1. The first-order valence-electron chi connectivity index (χ1n) is 11.3. The van der Waals surface area contributed by atoms with Gasteiger partial charge in [0.25, 0.3) is 0 Å². The third kappa shape index (κ3) is 6.25. The molecule has 0 aliphatic rings. The maximum atomic E-state index is 5.92. The highest BCUT2D eigenvalue weighted by Crippen LogP contribution is 2.27. The number of ether oxygens (including phenoxy) is 2. The van der Waals surface area contributed by atoms with E-state index in [0.29, 0.717) is 34.9 Å². The lowest BCUT2D eigenvalue weighted by atomic mass is 10.2. The van der Waals surface area contributed by atoms with E-state index < -0.39 is 0 Å². The summed E-state index contributed by atoms with van der Waals surface area (Å²) in [5.41, 5.74) is 1.01. The van der Waals surface area contributed by atoms with Crippen molar-refractivity contribution in [1.29, 1.82) is 0 Å². The van der Waals surface area contributed by atoms with Gasteiger partial charge in [0.1, 0.15) is 23.0 Å². The summed E-state index contributed by atoms with van der Waals surface area (Å²) in [5.74, 6) is 3.67. The maximum absolute atomic E-state index is 5.92. The zero-order chi connectivity index (χ0) is 24.6. The molecule has 178 valence electrons. The van der Waals surface area contributed by atoms with Crippen LogP contribution >= 0.6 is 12.2 Å². The Morgan fingerprint density at radius 2 is 1.28 bits per heavy atom. The van der Waals surface area contributed by atoms with E-state index in [1.54, 1.807) is 6.07 Å². The van der Waals surface area contributed by atoms with Crippen LogP contribution in [0.3, 0.4) is 0 Å². The number of rotatable bonds is 8. The molecule has 0 unspecified atom stereocenters. The van der Waals surface area contributed by atoms with Crippen molar-refractivity contribution in [2.75, 3.05) is 5.32 Å². The lowest BCUT2D eigenvalue weighted by Crippen LogP contribution is -2.28. The van der Waals surface area contributed by atoms with Gasteiger partial charge in [0.05, 0.1) is 12.6 Å². The highest BCUT2D eigenvalue weighted by atomic mass is 32.1. The molecule has 5 aromatic rings. The summed E-state index contributed by atoms with van der Waals surface area (Å²) in [5, 5.41) is 6.44. The molecule has 0 bridgehead atoms. The fraction of sp³-hybridized carbons (Fsp3) is 0.0357. The number of benzene rings is 3. The molecule has 2 aromatic heterocycles. The average molecular weight is 495 g/mol. The van der Waals surface area contributed by atoms with E-state index in [2.05, 4.69) is 20.6 Å². The van der Waals surface area contributed by atoms with Crippen molar-refractivity contribution < 1.29 is 13.9 Å². The van der Waals surface area contributed by atoms with Crippen LogP contribution in [0.4, 0.5) is 5.95 Å². The monoisotopic (exact) mass is 494 g/mol. The van der Waals surface area contributed by atoms with Crippen molar-refractivity contribution in [3.63, 3.8) is 0 Å². The lowest BCUT2D eigenvalue weighted by molar-refractivity contribution is 0.435. The minimum absolute atomic E-state index is 0.233. The van der Waals surface area contributed by atoms with Crippen LogP contribution in [-0.2, 0) is 6.54 Å². The van der Waals surface area contributed by atoms with Crippen molar-refractivity contribution in [2.45, 2.75) is 6.54 Å². The van der Waals surface area contributed by atoms with Gasteiger partial charge in [-0.05, 0) is 48.6 Å². The van der Waals surface area contributed by atoms with Crippen molar-refractivity contribution >= 4 is 23.3 Å². The fourth-order valence-electron chi connectivity index (χ4n) is 3.33. The van der Waals surface area contributed by atoms with Crippen LogP contribution in [-0.4, -0.2) is 15.1 Å². The normalized spacial score (nSPS) is 10.4. The Morgan fingerprint density at radius 1 is 0.722 bits per heavy atom. The van der Waals surface area contributed by atoms with Gasteiger partial charge >= 0.3 is 0 Å². The predicted molar refractivity (Wildman–Crippen MR) is 142 cm³/mol. The number of thiocarbonyl (C=S) groups is 1. The molecule has 0 aliphatic carbocycles. The largest absolute Gasteiger partial charge is 0.459 e. The number of nitrogens with zero attached hydrogens (tertiary/aromatic N) is 2. The molecule has 0 saturated carbocycles. The van der Waals surface area contributed by atoms with E-state index in [1.165, 1.54) is 0 Å². The van der Waals surface area contributed by atoms with Gasteiger partial charge in [0, 0.05) is 5.56 Å². The Kier molecular flexibility index (Phi) is 7.15. The Balaban J connectivity index is 1.28. The first kappa shape index (κ1) is 23.1. The second-order valence-electron chi connectivity index (χ2n) is 7.64. The molecule has 8 heteroatoms. The predicted octanol–water partition coefficient (Wildman–Crippen LogP) is 6.81. The second-order valence-corrected chi connectivity index (χ2v) is 8.05. The van der Waals surface area contributed by atoms with Gasteiger partial charge in [-0.15, -0.1) is 0 Å². The molecule has 0 saturated heterocycles. The number of hydrogen-bond donors (Lipinski definition) is 2. The second kappa shape index (κ2) is 11.2. The summed E-state index contributed by atoms with van der Waals surface area (Å²) in [4.78, 5) is 8.87. The molecular formula is C28H22N4O3S. The number of furan rings is 1. The summed E-state index contributed by atoms with van der Waals surface area (Å²) < 4.78 is 17.7. The maximum Gasteiger partial charge on any atom is 0.235 e. The minimum atomic E-state index is 0.233. The Labute approximate surface area is 213 Å². The van der Waals surface area contributed by atoms with Crippen LogP contribution in [0.5, 0.6) is 23.3 Å². The summed E-state index contributed by atoms with van der Waals surface area (Å²) >= 11 is 5.46. The number of anilines is 1. The molecule has 2 N–H and O–H groups in total. The smallest absolute Gasteiger partial charge is 0.235 e. The van der Waals surface area contributed by atoms with E-state index in [0.717, 1.165) is 17.1 Å². The van der Waals surface area contributed by atoms with Crippen molar-refractivity contribution in [3.05, 3.63) is 115 Å². The SMILES string of the molecule is S=C(NCc1ccc(-c2ccccc2)o1)Nc1nc(Oc2ccccc2)cc(Oc2ccccc2)n1. The average Bonchev–Trinajstić information content (AvgIpc) is 3.38. The van der Waals surface area contributed by atoms with Gasteiger partial charge in [-0.2, -0.15) is 9.97 Å². The number of nitrogens with one attached hydrogen (secondary N) is 2. The van der Waals surface area contributed by atoms with E-state index in [9.17, 15) is 0 Å². The summed E-state index contributed by atoms with van der Waals surface area (Å²) in [7, 11) is 0. The quantitative estimate of drug-likeness (QED) is 0.228. The molecule has 0 radical (unpaired) electrons. The standard InChI is InChI=1S/C28H22N4O3S/c36-28(29-19-23-16-17-24(33-23)20-10-4-1-5-11-20)32-27-30-25(34-21-12-6-2-7-13-21)18-26(31-27)35-22-14-8-3-9-15-22/h1-18H,19H2,(H2,29,30,31,32,36). The van der Waals surface area contributed by atoms with Crippen molar-refractivity contribution in [1.82, 2.24) is 15.3 Å². The molecule has 7 nitrogen and oxygen atoms in total. The van der Waals surface area contributed by atoms with Gasteiger partial charge in [0.2, 0.25) is 17.7 Å². The molecule has 0 atom stereocenters. The molecule has 3 aromatic carbocycles. The van der Waals surface area contributed by atoms with E-state index in [4.69, 9.17) is 26.1 Å². The van der Waals surface area contributed by atoms with Gasteiger partial charge in [0.15, 0.2) is 5.11 Å². The van der Waals surface area contributed by atoms with Gasteiger partial charge in [-0.1, -0.05) is 66.7 Å². The first-order chi connectivity index (χ1) is 17.7. The van der Waals surface area contributed by atoms with Crippen LogP contribution in [0.15, 0.2) is 114 Å². The van der Waals surface area contributed by atoms with Crippen LogP contribution in [0, 0.1) is 0 Å². The van der Waals surface area contributed by atoms with Crippen molar-refractivity contribution in [2.24, 2.45) is 0 Å². The van der Waals surface area contributed by atoms with Crippen LogP contribution in [0.2, 0.25) is 0 Å². The summed E-state index contributed by atoms with van der Waals surface area (Å²) in [6.07, 6.45) is 0. The Morgan fingerprint density at radius 3 is 1.86 bits per heavy atom. The number of aromatic nitrogens is 2. The molecule has 5 rings (SSSR count). The van der Waals surface area contributed by atoms with Gasteiger partial charge < -0.3 is 24.5 Å². The minimum Gasteiger partial charge on any atom is -0.459 e. The molecule has 0 spiro atoms. The van der Waals surface area contributed by atoms with Crippen LogP contribution in [0.1, 0.15) is 5.76 Å². The van der Waals surface area contributed by atoms with E-state index >= 15 is 0 Å². The van der Waals surface area contributed by atoms with Crippen LogP contribution < -0.4 is 20.1 Å². The summed E-state index contributed by atoms with van der Waals surface area (Å²) in [6.45, 7) is 0.395. The molecule has 0 aliphatic heterocycles.